The zero-order valence-corrected chi connectivity index (χ0v) is 15.7. The van der Waals surface area contributed by atoms with Crippen molar-refractivity contribution in [3.8, 4) is 0 Å². The van der Waals surface area contributed by atoms with Crippen molar-refractivity contribution < 1.29 is 9.50 Å². The van der Waals surface area contributed by atoms with Crippen molar-refractivity contribution in [2.75, 3.05) is 24.6 Å². The summed E-state index contributed by atoms with van der Waals surface area (Å²) in [6.07, 6.45) is 2.39. The van der Waals surface area contributed by atoms with Gasteiger partial charge in [-0.25, -0.2) is 9.37 Å². The van der Waals surface area contributed by atoms with Gasteiger partial charge in [-0.05, 0) is 55.5 Å². The average molecular weight is 364 g/mol. The summed E-state index contributed by atoms with van der Waals surface area (Å²) in [6.45, 7) is 3.74. The molecule has 0 aliphatic carbocycles. The summed E-state index contributed by atoms with van der Waals surface area (Å²) < 4.78 is 14.2. The van der Waals surface area contributed by atoms with Crippen LogP contribution in [0.2, 0.25) is 0 Å². The molecule has 1 aliphatic rings. The van der Waals surface area contributed by atoms with Crippen LogP contribution in [0.25, 0.3) is 10.9 Å². The normalized spacial score (nSPS) is 20.2. The number of rotatable bonds is 4. The number of aliphatic hydroxyl groups is 1. The summed E-state index contributed by atoms with van der Waals surface area (Å²) in [5, 5.41) is 11.4. The maximum atomic E-state index is 14.2. The van der Waals surface area contributed by atoms with Crippen LogP contribution in [0.3, 0.4) is 0 Å². The number of aromatic nitrogens is 1. The third kappa shape index (κ3) is 3.54. The molecule has 1 unspecified atom stereocenters. The van der Waals surface area contributed by atoms with Gasteiger partial charge in [-0.15, -0.1) is 0 Å². The fraction of sp³-hybridized carbons (Fsp3) is 0.348. The molecule has 1 saturated heterocycles. The molecule has 2 heterocycles. The van der Waals surface area contributed by atoms with Crippen molar-refractivity contribution in [1.29, 1.82) is 0 Å². The van der Waals surface area contributed by atoms with Gasteiger partial charge in [0.1, 0.15) is 11.6 Å². The minimum absolute atomic E-state index is 0.0460. The third-order valence-electron chi connectivity index (χ3n) is 5.75. The molecule has 1 N–H and O–H groups in total. The molecular weight excluding hydrogens is 339 g/mol. The van der Waals surface area contributed by atoms with Crippen LogP contribution in [0.1, 0.15) is 24.0 Å². The molecule has 3 nitrogen and oxygen atoms in total. The number of aliphatic hydroxyl groups excluding tert-OH is 1. The van der Waals surface area contributed by atoms with Crippen molar-refractivity contribution in [2.45, 2.75) is 26.2 Å². The molecule has 0 spiro atoms. The van der Waals surface area contributed by atoms with Gasteiger partial charge in [0.15, 0.2) is 0 Å². The molecule has 1 fully saturated rings. The van der Waals surface area contributed by atoms with Crippen LogP contribution >= 0.6 is 0 Å². The molecule has 27 heavy (non-hydrogen) atoms. The molecular formula is C23H25FN2O. The van der Waals surface area contributed by atoms with Crippen molar-refractivity contribution in [1.82, 2.24) is 4.98 Å². The highest BCUT2D eigenvalue weighted by atomic mass is 19.1. The van der Waals surface area contributed by atoms with E-state index in [1.807, 2.05) is 30.3 Å². The Morgan fingerprint density at radius 2 is 1.93 bits per heavy atom. The Bertz CT molecular complexity index is 958. The molecule has 0 amide bonds. The molecule has 1 atom stereocenters. The maximum Gasteiger partial charge on any atom is 0.129 e. The highest BCUT2D eigenvalue weighted by molar-refractivity contribution is 5.83. The molecule has 140 valence electrons. The van der Waals surface area contributed by atoms with E-state index in [-0.39, 0.29) is 17.8 Å². The highest BCUT2D eigenvalue weighted by Gasteiger charge is 2.36. The number of halogens is 1. The first-order chi connectivity index (χ1) is 13.1. The lowest BCUT2D eigenvalue weighted by Gasteiger charge is -2.42. The first-order valence-corrected chi connectivity index (χ1v) is 9.56. The van der Waals surface area contributed by atoms with Crippen LogP contribution in [0.5, 0.6) is 0 Å². The van der Waals surface area contributed by atoms with E-state index in [4.69, 9.17) is 4.98 Å². The van der Waals surface area contributed by atoms with Crippen molar-refractivity contribution in [3.05, 3.63) is 71.5 Å². The molecule has 3 aromatic rings. The number of benzene rings is 2. The molecule has 4 rings (SSSR count). The number of aryl methyl sites for hydroxylation is 1. The number of hydrogen-bond donors (Lipinski definition) is 1. The highest BCUT2D eigenvalue weighted by Crippen LogP contribution is 2.36. The van der Waals surface area contributed by atoms with E-state index < -0.39 is 0 Å². The third-order valence-corrected chi connectivity index (χ3v) is 5.75. The number of hydrogen-bond acceptors (Lipinski definition) is 3. The summed E-state index contributed by atoms with van der Waals surface area (Å²) in [6, 6.07) is 17.2. The van der Waals surface area contributed by atoms with Gasteiger partial charge in [-0.1, -0.05) is 36.4 Å². The van der Waals surface area contributed by atoms with Gasteiger partial charge in [-0.2, -0.15) is 0 Å². The van der Waals surface area contributed by atoms with Crippen LogP contribution in [0, 0.1) is 18.2 Å². The predicted molar refractivity (Wildman–Crippen MR) is 108 cm³/mol. The van der Waals surface area contributed by atoms with Gasteiger partial charge in [0.2, 0.25) is 0 Å². The molecule has 0 saturated carbocycles. The van der Waals surface area contributed by atoms with Crippen LogP contribution < -0.4 is 4.90 Å². The molecule has 1 aromatic heterocycles. The lowest BCUT2D eigenvalue weighted by molar-refractivity contribution is 0.104. The SMILES string of the molecule is Cc1cc(N2CCCC(CO)(Cc3ccccc3F)C2)nc2ccccc12. The Morgan fingerprint density at radius 1 is 1.15 bits per heavy atom. The van der Waals surface area contributed by atoms with E-state index in [2.05, 4.69) is 24.0 Å². The Kier molecular flexibility index (Phi) is 4.83. The van der Waals surface area contributed by atoms with Gasteiger partial charge in [0.25, 0.3) is 0 Å². The average Bonchev–Trinajstić information content (AvgIpc) is 2.70. The molecule has 2 aromatic carbocycles. The van der Waals surface area contributed by atoms with Crippen molar-refractivity contribution >= 4 is 16.7 Å². The number of para-hydroxylation sites is 1. The second kappa shape index (κ2) is 7.28. The van der Waals surface area contributed by atoms with E-state index >= 15 is 0 Å². The minimum Gasteiger partial charge on any atom is -0.396 e. The first-order valence-electron chi connectivity index (χ1n) is 9.56. The Balaban J connectivity index is 1.64. The molecule has 1 aliphatic heterocycles. The minimum atomic E-state index is -0.346. The molecule has 0 radical (unpaired) electrons. The first kappa shape index (κ1) is 17.9. The number of anilines is 1. The van der Waals surface area contributed by atoms with E-state index in [1.165, 1.54) is 11.6 Å². The van der Waals surface area contributed by atoms with Crippen LogP contribution in [0.15, 0.2) is 54.6 Å². The predicted octanol–water partition coefficient (Wildman–Crippen LogP) is 4.50. The summed E-state index contributed by atoms with van der Waals surface area (Å²) in [4.78, 5) is 7.10. The Morgan fingerprint density at radius 3 is 2.74 bits per heavy atom. The number of piperidine rings is 1. The summed E-state index contributed by atoms with van der Waals surface area (Å²) in [7, 11) is 0. The van der Waals surface area contributed by atoms with Gasteiger partial charge < -0.3 is 10.0 Å². The number of pyridine rings is 1. The topological polar surface area (TPSA) is 36.4 Å². The molecule has 0 bridgehead atoms. The zero-order valence-electron chi connectivity index (χ0n) is 15.7. The second-order valence-electron chi connectivity index (χ2n) is 7.77. The summed E-state index contributed by atoms with van der Waals surface area (Å²) in [5.74, 6) is 0.749. The quantitative estimate of drug-likeness (QED) is 0.740. The standard InChI is InChI=1S/C23H25FN2O/c1-17-13-22(25-21-10-5-3-8-19(17)21)26-12-6-11-23(15-26,16-27)14-18-7-2-4-9-20(18)24/h2-5,7-10,13,27H,6,11-12,14-16H2,1H3. The lowest BCUT2D eigenvalue weighted by Crippen LogP contribution is -2.47. The van der Waals surface area contributed by atoms with E-state index in [1.54, 1.807) is 6.07 Å². The Hall–Kier alpha value is -2.46. The fourth-order valence-corrected chi connectivity index (χ4v) is 4.27. The fourth-order valence-electron chi connectivity index (χ4n) is 4.27. The van der Waals surface area contributed by atoms with Crippen LogP contribution in [-0.2, 0) is 6.42 Å². The summed E-state index contributed by atoms with van der Waals surface area (Å²) >= 11 is 0. The monoisotopic (exact) mass is 364 g/mol. The van der Waals surface area contributed by atoms with Crippen LogP contribution in [0.4, 0.5) is 10.2 Å². The van der Waals surface area contributed by atoms with Gasteiger partial charge in [0.05, 0.1) is 12.1 Å². The van der Waals surface area contributed by atoms with Gasteiger partial charge in [0, 0.05) is 23.9 Å². The molecule has 4 heteroatoms. The zero-order chi connectivity index (χ0) is 18.9. The van der Waals surface area contributed by atoms with Gasteiger partial charge in [-0.3, -0.25) is 0 Å². The lowest BCUT2D eigenvalue weighted by atomic mass is 9.75. The maximum absolute atomic E-state index is 14.2. The number of fused-ring (bicyclic) bond motifs is 1. The Labute approximate surface area is 159 Å². The van der Waals surface area contributed by atoms with Crippen molar-refractivity contribution in [2.24, 2.45) is 5.41 Å². The van der Waals surface area contributed by atoms with Crippen LogP contribution in [-0.4, -0.2) is 29.8 Å². The number of nitrogens with zero attached hydrogens (tertiary/aromatic N) is 2. The van der Waals surface area contributed by atoms with E-state index in [0.29, 0.717) is 18.5 Å². The van der Waals surface area contributed by atoms with E-state index in [9.17, 15) is 9.50 Å². The van der Waals surface area contributed by atoms with E-state index in [0.717, 1.165) is 36.1 Å². The summed E-state index contributed by atoms with van der Waals surface area (Å²) in [5.41, 5.74) is 2.52. The van der Waals surface area contributed by atoms with Crippen molar-refractivity contribution in [3.63, 3.8) is 0 Å². The largest absolute Gasteiger partial charge is 0.396 e. The second-order valence-corrected chi connectivity index (χ2v) is 7.77. The van der Waals surface area contributed by atoms with Gasteiger partial charge >= 0.3 is 0 Å². The smallest absolute Gasteiger partial charge is 0.129 e.